The molecule has 0 bridgehead atoms. The third-order valence-corrected chi connectivity index (χ3v) is 6.24. The number of rotatable bonds is 8. The number of ether oxygens (including phenoxy) is 1. The number of benzene rings is 1. The van der Waals surface area contributed by atoms with Crippen LogP contribution in [0.4, 0.5) is 4.39 Å². The molecule has 1 atom stereocenters. The summed E-state index contributed by atoms with van der Waals surface area (Å²) < 4.78 is 18.6. The minimum atomic E-state index is -0.463. The number of carbonyl (C=O) groups is 1. The Morgan fingerprint density at radius 1 is 1.24 bits per heavy atom. The number of hydrogen-bond acceptors (Lipinski definition) is 9. The van der Waals surface area contributed by atoms with Crippen molar-refractivity contribution in [3.05, 3.63) is 52.9 Å². The fourth-order valence-electron chi connectivity index (χ4n) is 4.40. The highest BCUT2D eigenvalue weighted by Crippen LogP contribution is 2.33. The van der Waals surface area contributed by atoms with E-state index in [2.05, 4.69) is 30.9 Å². The Labute approximate surface area is 196 Å². The molecule has 4 rings (SSSR count). The zero-order valence-electron chi connectivity index (χ0n) is 19.1. The maximum absolute atomic E-state index is 13.6. The van der Waals surface area contributed by atoms with Crippen LogP contribution in [0.25, 0.3) is 0 Å². The first-order valence-corrected chi connectivity index (χ1v) is 11.2. The van der Waals surface area contributed by atoms with Crippen LogP contribution in [0.3, 0.4) is 0 Å². The van der Waals surface area contributed by atoms with Crippen LogP contribution in [0.15, 0.2) is 29.4 Å². The lowest BCUT2D eigenvalue weighted by molar-refractivity contribution is -0.301. The van der Waals surface area contributed by atoms with Gasteiger partial charge in [0, 0.05) is 19.0 Å². The molecule has 1 aliphatic carbocycles. The van der Waals surface area contributed by atoms with Crippen LogP contribution in [-0.2, 0) is 16.4 Å². The second-order valence-corrected chi connectivity index (χ2v) is 8.54. The van der Waals surface area contributed by atoms with E-state index < -0.39 is 5.82 Å². The number of hydroxylamine groups is 1. The third-order valence-electron chi connectivity index (χ3n) is 6.24. The first kappa shape index (κ1) is 24.0. The van der Waals surface area contributed by atoms with Crippen molar-refractivity contribution in [3.63, 3.8) is 0 Å². The van der Waals surface area contributed by atoms with E-state index in [-0.39, 0.29) is 36.0 Å². The van der Waals surface area contributed by atoms with Crippen molar-refractivity contribution in [1.29, 1.82) is 0 Å². The minimum absolute atomic E-state index is 0.0491. The number of amides is 1. The molecule has 1 aliphatic heterocycles. The van der Waals surface area contributed by atoms with Gasteiger partial charge >= 0.3 is 0 Å². The van der Waals surface area contributed by atoms with Gasteiger partial charge in [0.05, 0.1) is 12.8 Å². The summed E-state index contributed by atoms with van der Waals surface area (Å²) in [6.07, 6.45) is 4.16. The van der Waals surface area contributed by atoms with Gasteiger partial charge in [0.1, 0.15) is 23.3 Å². The number of nitrogens with zero attached hydrogens (tertiary/aromatic N) is 3. The second kappa shape index (κ2) is 10.9. The average molecular weight is 474 g/mol. The molecular weight excluding hydrogens is 445 g/mol. The Bertz CT molecular complexity index is 1060. The van der Waals surface area contributed by atoms with E-state index in [1.165, 1.54) is 19.2 Å². The van der Waals surface area contributed by atoms with Gasteiger partial charge in [-0.05, 0) is 62.3 Å². The Morgan fingerprint density at radius 2 is 2.03 bits per heavy atom. The predicted octanol–water partition coefficient (Wildman–Crippen LogP) is 2.91. The van der Waals surface area contributed by atoms with Gasteiger partial charge in [-0.1, -0.05) is 11.2 Å². The highest BCUT2D eigenvalue weighted by Gasteiger charge is 2.34. The summed E-state index contributed by atoms with van der Waals surface area (Å²) in [5.41, 5.74) is 4.76. The van der Waals surface area contributed by atoms with Crippen LogP contribution >= 0.6 is 0 Å². The molecule has 1 amide bonds. The summed E-state index contributed by atoms with van der Waals surface area (Å²) >= 11 is 0. The van der Waals surface area contributed by atoms with Gasteiger partial charge in [0.25, 0.3) is 5.91 Å². The van der Waals surface area contributed by atoms with Crippen molar-refractivity contribution in [2.75, 3.05) is 7.11 Å². The SMILES string of the molecule is COc1cc(CNC(=O)c2cc(C3=NOC(C4CCC(NOO)CC4)C3)nc(C)n2)ccc1F. The molecule has 10 nitrogen and oxygen atoms in total. The number of methoxy groups -OCH3 is 1. The molecule has 0 spiro atoms. The summed E-state index contributed by atoms with van der Waals surface area (Å²) in [4.78, 5) is 31.2. The lowest BCUT2D eigenvalue weighted by Gasteiger charge is -2.30. The van der Waals surface area contributed by atoms with E-state index in [0.29, 0.717) is 35.1 Å². The Balaban J connectivity index is 1.37. The Hall–Kier alpha value is -3.15. The second-order valence-electron chi connectivity index (χ2n) is 8.54. The summed E-state index contributed by atoms with van der Waals surface area (Å²) in [6.45, 7) is 1.91. The summed E-state index contributed by atoms with van der Waals surface area (Å²) in [5.74, 6) is 0.0786. The van der Waals surface area contributed by atoms with E-state index in [1.807, 2.05) is 0 Å². The molecule has 0 saturated heterocycles. The molecule has 182 valence electrons. The van der Waals surface area contributed by atoms with Gasteiger partial charge in [0.2, 0.25) is 0 Å². The molecule has 1 fully saturated rings. The highest BCUT2D eigenvalue weighted by molar-refractivity contribution is 6.01. The van der Waals surface area contributed by atoms with Crippen molar-refractivity contribution in [3.8, 4) is 5.75 Å². The Kier molecular flexibility index (Phi) is 7.66. The standard InChI is InChI=1S/C23H28FN5O5/c1-13-26-18(19-11-21(33-29-19)15-4-6-16(7-5-15)28-34-31)10-20(27-13)23(30)25-12-14-3-8-17(24)22(9-14)32-2/h3,8-10,15-16,21,28,31H,4-7,11-12H2,1-2H3,(H,25,30). The van der Waals surface area contributed by atoms with Crippen molar-refractivity contribution in [2.45, 2.75) is 57.7 Å². The van der Waals surface area contributed by atoms with Crippen LogP contribution in [-0.4, -0.2) is 46.1 Å². The van der Waals surface area contributed by atoms with Crippen molar-refractivity contribution < 1.29 is 29.0 Å². The zero-order chi connectivity index (χ0) is 24.1. The van der Waals surface area contributed by atoms with Gasteiger partial charge in [-0.15, -0.1) is 4.99 Å². The van der Waals surface area contributed by atoms with E-state index in [4.69, 9.17) is 14.8 Å². The third kappa shape index (κ3) is 5.66. The molecule has 3 N–H and O–H groups in total. The van der Waals surface area contributed by atoms with Crippen LogP contribution in [0.1, 0.15) is 59.7 Å². The quantitative estimate of drug-likeness (QED) is 0.395. The number of nitrogens with one attached hydrogen (secondary N) is 2. The van der Waals surface area contributed by atoms with Gasteiger partial charge in [0.15, 0.2) is 11.6 Å². The fourth-order valence-corrected chi connectivity index (χ4v) is 4.40. The smallest absolute Gasteiger partial charge is 0.270 e. The molecule has 1 saturated carbocycles. The van der Waals surface area contributed by atoms with Crippen LogP contribution in [0.5, 0.6) is 5.75 Å². The summed E-state index contributed by atoms with van der Waals surface area (Å²) in [5, 5.41) is 15.6. The lowest BCUT2D eigenvalue weighted by atomic mass is 9.81. The topological polar surface area (TPSA) is 127 Å². The number of carbonyl (C=O) groups excluding carboxylic acids is 1. The molecule has 1 aromatic carbocycles. The van der Waals surface area contributed by atoms with Crippen molar-refractivity contribution in [1.82, 2.24) is 20.8 Å². The largest absolute Gasteiger partial charge is 0.494 e. The minimum Gasteiger partial charge on any atom is -0.494 e. The van der Waals surface area contributed by atoms with E-state index in [1.54, 1.807) is 19.1 Å². The molecular formula is C23H28FN5O5. The predicted molar refractivity (Wildman–Crippen MR) is 120 cm³/mol. The highest BCUT2D eigenvalue weighted by atomic mass is 19.1. The zero-order valence-corrected chi connectivity index (χ0v) is 19.1. The molecule has 0 radical (unpaired) electrons. The first-order valence-electron chi connectivity index (χ1n) is 11.2. The first-order chi connectivity index (χ1) is 16.5. The lowest BCUT2D eigenvalue weighted by Crippen LogP contribution is -2.35. The van der Waals surface area contributed by atoms with Crippen LogP contribution < -0.4 is 15.5 Å². The average Bonchev–Trinajstić information content (AvgIpc) is 3.34. The Morgan fingerprint density at radius 3 is 2.76 bits per heavy atom. The number of aromatic nitrogens is 2. The van der Waals surface area contributed by atoms with E-state index in [9.17, 15) is 9.18 Å². The van der Waals surface area contributed by atoms with Gasteiger partial charge in [-0.2, -0.15) is 5.48 Å². The molecule has 2 aliphatic rings. The molecule has 1 aromatic heterocycles. The summed E-state index contributed by atoms with van der Waals surface area (Å²) in [7, 11) is 1.39. The van der Waals surface area contributed by atoms with Crippen molar-refractivity contribution in [2.24, 2.45) is 11.1 Å². The molecule has 11 heteroatoms. The normalized spacial score (nSPS) is 22.1. The van der Waals surface area contributed by atoms with Gasteiger partial charge in [-0.25, -0.2) is 19.6 Å². The van der Waals surface area contributed by atoms with E-state index in [0.717, 1.165) is 25.7 Å². The number of hydrogen-bond donors (Lipinski definition) is 3. The monoisotopic (exact) mass is 473 g/mol. The van der Waals surface area contributed by atoms with E-state index >= 15 is 0 Å². The molecule has 1 unspecified atom stereocenters. The fraction of sp³-hybridized carbons (Fsp3) is 0.478. The summed E-state index contributed by atoms with van der Waals surface area (Å²) in [6, 6.07) is 6.16. The van der Waals surface area contributed by atoms with Crippen LogP contribution in [0, 0.1) is 18.7 Å². The number of oxime groups is 1. The number of halogens is 1. The van der Waals surface area contributed by atoms with Crippen molar-refractivity contribution >= 4 is 11.6 Å². The number of aryl methyl sites for hydroxylation is 1. The maximum atomic E-state index is 13.6. The maximum Gasteiger partial charge on any atom is 0.270 e. The van der Waals surface area contributed by atoms with Crippen LogP contribution in [0.2, 0.25) is 0 Å². The van der Waals surface area contributed by atoms with Gasteiger partial charge in [-0.3, -0.25) is 4.79 Å². The molecule has 34 heavy (non-hydrogen) atoms. The molecule has 2 heterocycles. The molecule has 2 aromatic rings. The van der Waals surface area contributed by atoms with Gasteiger partial charge < -0.3 is 14.9 Å².